The maximum Gasteiger partial charge on any atom is 0.269 e. The molecule has 33 heavy (non-hydrogen) atoms. The van der Waals surface area contributed by atoms with E-state index in [-0.39, 0.29) is 30.0 Å². The molecule has 0 aromatic heterocycles. The van der Waals surface area contributed by atoms with Crippen molar-refractivity contribution >= 4 is 46.5 Å². The minimum Gasteiger partial charge on any atom is -0.497 e. The maximum absolute atomic E-state index is 13.9. The predicted molar refractivity (Wildman–Crippen MR) is 128 cm³/mol. The average Bonchev–Trinajstić information content (AvgIpc) is 3.31. The Balaban J connectivity index is 1.52. The number of carbonyl (C=O) groups is 3. The van der Waals surface area contributed by atoms with Crippen LogP contribution in [-0.2, 0) is 19.3 Å². The van der Waals surface area contributed by atoms with E-state index >= 15 is 0 Å². The molecule has 0 radical (unpaired) electrons. The van der Waals surface area contributed by atoms with Crippen LogP contribution < -0.4 is 19.9 Å². The van der Waals surface area contributed by atoms with Crippen LogP contribution >= 0.6 is 11.8 Å². The van der Waals surface area contributed by atoms with Gasteiger partial charge in [-0.2, -0.15) is 0 Å². The first-order valence-electron chi connectivity index (χ1n) is 10.4. The molecular weight excluding hydrogens is 438 g/mol. The van der Waals surface area contributed by atoms with Crippen LogP contribution in [0, 0.1) is 0 Å². The Labute approximate surface area is 195 Å². The van der Waals surface area contributed by atoms with E-state index in [1.165, 1.54) is 16.7 Å². The van der Waals surface area contributed by atoms with Crippen LogP contribution in [0.1, 0.15) is 5.56 Å². The van der Waals surface area contributed by atoms with E-state index in [0.29, 0.717) is 28.4 Å². The van der Waals surface area contributed by atoms with Gasteiger partial charge in [0.05, 0.1) is 18.6 Å². The van der Waals surface area contributed by atoms with Crippen LogP contribution in [0.3, 0.4) is 0 Å². The highest BCUT2D eigenvalue weighted by molar-refractivity contribution is 8.02. The zero-order valence-electron chi connectivity index (χ0n) is 17.9. The molecule has 0 saturated carbocycles. The fourth-order valence-corrected chi connectivity index (χ4v) is 5.67. The van der Waals surface area contributed by atoms with Gasteiger partial charge in [0.2, 0.25) is 16.7 Å². The molecule has 0 bridgehead atoms. The molecule has 0 aliphatic carbocycles. The minimum absolute atomic E-state index is 0.155. The molecule has 1 fully saturated rings. The number of hydrogen-bond acceptors (Lipinski definition) is 5. The van der Waals surface area contributed by atoms with Gasteiger partial charge in [-0.1, -0.05) is 36.4 Å². The number of carbonyl (C=O) groups excluding carboxylic acids is 3. The van der Waals surface area contributed by atoms with Gasteiger partial charge in [0, 0.05) is 16.9 Å². The van der Waals surface area contributed by atoms with E-state index in [0.717, 1.165) is 0 Å². The van der Waals surface area contributed by atoms with E-state index in [2.05, 4.69) is 5.32 Å². The van der Waals surface area contributed by atoms with E-state index in [1.54, 1.807) is 48.4 Å². The van der Waals surface area contributed by atoms with Crippen molar-refractivity contribution in [3.05, 3.63) is 84.4 Å². The summed E-state index contributed by atoms with van der Waals surface area (Å²) in [4.78, 5) is 41.5. The van der Waals surface area contributed by atoms with E-state index < -0.39 is 4.87 Å². The number of rotatable bonds is 5. The lowest BCUT2D eigenvalue weighted by Gasteiger charge is -2.33. The van der Waals surface area contributed by atoms with Gasteiger partial charge in [-0.25, -0.2) is 0 Å². The molecular formula is C25H21N3O4S. The summed E-state index contributed by atoms with van der Waals surface area (Å²) in [5.41, 5.74) is 2.59. The van der Waals surface area contributed by atoms with Crippen molar-refractivity contribution in [2.24, 2.45) is 0 Å². The molecule has 166 valence electrons. The van der Waals surface area contributed by atoms with Gasteiger partial charge in [-0.3, -0.25) is 24.2 Å². The number of nitrogens with zero attached hydrogens (tertiary/aromatic N) is 2. The summed E-state index contributed by atoms with van der Waals surface area (Å²) < 4.78 is 5.23. The third-order valence-corrected chi connectivity index (χ3v) is 7.14. The van der Waals surface area contributed by atoms with Gasteiger partial charge in [0.1, 0.15) is 12.3 Å². The molecule has 8 heteroatoms. The standard InChI is InChI=1S/C25H21N3O4S/c1-32-19-13-11-18(12-14-19)28-23(30)16-33-25(28)20-9-5-6-10-21(20)27(24(25)31)15-22(29)26-17-7-3-2-4-8-17/h2-14H,15-16H2,1H3,(H,26,29). The molecule has 2 heterocycles. The largest absolute Gasteiger partial charge is 0.497 e. The molecule has 1 atom stereocenters. The van der Waals surface area contributed by atoms with E-state index in [1.807, 2.05) is 42.5 Å². The molecule has 1 spiro atoms. The Morgan fingerprint density at radius 2 is 1.70 bits per heavy atom. The van der Waals surface area contributed by atoms with Crippen molar-refractivity contribution in [1.29, 1.82) is 0 Å². The smallest absolute Gasteiger partial charge is 0.269 e. The second kappa shape index (κ2) is 8.29. The Hall–Kier alpha value is -3.78. The van der Waals surface area contributed by atoms with Crippen LogP contribution in [-0.4, -0.2) is 37.1 Å². The number of anilines is 3. The highest BCUT2D eigenvalue weighted by Crippen LogP contribution is 2.55. The van der Waals surface area contributed by atoms with Crippen molar-refractivity contribution in [3.8, 4) is 5.75 Å². The van der Waals surface area contributed by atoms with E-state index in [9.17, 15) is 14.4 Å². The molecule has 3 aromatic carbocycles. The zero-order valence-corrected chi connectivity index (χ0v) is 18.7. The molecule has 7 nitrogen and oxygen atoms in total. The lowest BCUT2D eigenvalue weighted by Crippen LogP contribution is -2.50. The second-order valence-electron chi connectivity index (χ2n) is 7.68. The molecule has 2 aliphatic heterocycles. The van der Waals surface area contributed by atoms with Crippen LogP contribution in [0.5, 0.6) is 5.75 Å². The minimum atomic E-state index is -1.25. The number of benzene rings is 3. The number of thioether (sulfide) groups is 1. The molecule has 2 aliphatic rings. The van der Waals surface area contributed by atoms with Crippen LogP contribution in [0.15, 0.2) is 78.9 Å². The summed E-state index contributed by atoms with van der Waals surface area (Å²) >= 11 is 1.28. The fourth-order valence-electron chi connectivity index (χ4n) is 4.31. The number of hydrogen-bond donors (Lipinski definition) is 1. The number of amides is 3. The maximum atomic E-state index is 13.9. The van der Waals surface area contributed by atoms with Gasteiger partial charge in [-0.15, -0.1) is 11.8 Å². The van der Waals surface area contributed by atoms with Gasteiger partial charge < -0.3 is 10.1 Å². The lowest BCUT2D eigenvalue weighted by molar-refractivity contribution is -0.124. The van der Waals surface area contributed by atoms with Crippen LogP contribution in [0.4, 0.5) is 17.1 Å². The first kappa shape index (κ1) is 21.1. The fraction of sp³-hybridized carbons (Fsp3) is 0.160. The van der Waals surface area contributed by atoms with Crippen molar-refractivity contribution in [3.63, 3.8) is 0 Å². The monoisotopic (exact) mass is 459 g/mol. The number of fused-ring (bicyclic) bond motifs is 2. The predicted octanol–water partition coefficient (Wildman–Crippen LogP) is 3.61. The Morgan fingerprint density at radius 3 is 2.42 bits per heavy atom. The SMILES string of the molecule is COc1ccc(N2C(=O)CSC23C(=O)N(CC(=O)Nc2ccccc2)c2ccccc23)cc1. The second-order valence-corrected chi connectivity index (χ2v) is 8.85. The molecule has 5 rings (SSSR count). The highest BCUT2D eigenvalue weighted by atomic mass is 32.2. The number of nitrogens with one attached hydrogen (secondary N) is 1. The van der Waals surface area contributed by atoms with Gasteiger partial charge in [-0.05, 0) is 42.5 Å². The van der Waals surface area contributed by atoms with Crippen LogP contribution in [0.25, 0.3) is 0 Å². The zero-order chi connectivity index (χ0) is 23.0. The summed E-state index contributed by atoms with van der Waals surface area (Å²) in [5.74, 6) is 0.0366. The number of ether oxygens (including phenoxy) is 1. The Bertz CT molecular complexity index is 1230. The Morgan fingerprint density at radius 1 is 1.00 bits per heavy atom. The molecule has 1 unspecified atom stereocenters. The summed E-state index contributed by atoms with van der Waals surface area (Å²) in [6.45, 7) is -0.155. The molecule has 3 aromatic rings. The number of para-hydroxylation sites is 2. The quantitative estimate of drug-likeness (QED) is 0.631. The normalized spacial score (nSPS) is 19.2. The third kappa shape index (κ3) is 3.43. The molecule has 1 N–H and O–H groups in total. The molecule has 1 saturated heterocycles. The van der Waals surface area contributed by atoms with Crippen molar-refractivity contribution in [1.82, 2.24) is 0 Å². The Kier molecular flexibility index (Phi) is 5.30. The highest BCUT2D eigenvalue weighted by Gasteiger charge is 2.61. The van der Waals surface area contributed by atoms with Crippen molar-refractivity contribution in [2.45, 2.75) is 4.87 Å². The average molecular weight is 460 g/mol. The lowest BCUT2D eigenvalue weighted by atomic mass is 10.0. The first-order valence-corrected chi connectivity index (χ1v) is 11.4. The van der Waals surface area contributed by atoms with Crippen molar-refractivity contribution < 1.29 is 19.1 Å². The first-order chi connectivity index (χ1) is 16.0. The van der Waals surface area contributed by atoms with Gasteiger partial charge in [0.15, 0.2) is 0 Å². The third-order valence-electron chi connectivity index (χ3n) is 5.75. The summed E-state index contributed by atoms with van der Waals surface area (Å²) in [7, 11) is 1.57. The molecule has 3 amide bonds. The van der Waals surface area contributed by atoms with Crippen molar-refractivity contribution in [2.75, 3.05) is 34.5 Å². The summed E-state index contributed by atoms with van der Waals surface area (Å²) in [6.07, 6.45) is 0. The van der Waals surface area contributed by atoms with E-state index in [4.69, 9.17) is 4.74 Å². The van der Waals surface area contributed by atoms with Gasteiger partial charge >= 0.3 is 0 Å². The number of methoxy groups -OCH3 is 1. The topological polar surface area (TPSA) is 79.0 Å². The summed E-state index contributed by atoms with van der Waals surface area (Å²) in [6, 6.07) is 23.5. The summed E-state index contributed by atoms with van der Waals surface area (Å²) in [5, 5.41) is 2.83. The van der Waals surface area contributed by atoms with Gasteiger partial charge in [0.25, 0.3) is 5.91 Å². The van der Waals surface area contributed by atoms with Crippen LogP contribution in [0.2, 0.25) is 0 Å².